The van der Waals surface area contributed by atoms with Crippen LogP contribution in [0.1, 0.15) is 39.5 Å². The summed E-state index contributed by atoms with van der Waals surface area (Å²) >= 11 is 0. The fourth-order valence-corrected chi connectivity index (χ4v) is 2.74. The summed E-state index contributed by atoms with van der Waals surface area (Å²) in [5.41, 5.74) is 0.544. The van der Waals surface area contributed by atoms with Gasteiger partial charge in [0.2, 0.25) is 0 Å². The lowest BCUT2D eigenvalue weighted by atomic mass is 9.78. The van der Waals surface area contributed by atoms with Crippen molar-refractivity contribution in [3.8, 4) is 0 Å². The molecule has 0 bridgehead atoms. The Kier molecular flexibility index (Phi) is 2.37. The van der Waals surface area contributed by atoms with Crippen molar-refractivity contribution in [3.05, 3.63) is 0 Å². The minimum atomic E-state index is -0.0404. The van der Waals surface area contributed by atoms with Crippen molar-refractivity contribution in [2.45, 2.75) is 51.7 Å². The molecule has 2 rings (SSSR count). The zero-order valence-corrected chi connectivity index (χ0v) is 8.79. The number of aliphatic hydroxyl groups is 1. The standard InChI is InChI=1S/C11H21NO/c1-3-11(2)7-12(8-11)9-5-4-6-10(9)13/h9-10,13H,3-8H2,1-2H3/t9-,10-/m0/s1. The Bertz CT molecular complexity index is 187. The Morgan fingerprint density at radius 3 is 2.54 bits per heavy atom. The van der Waals surface area contributed by atoms with E-state index in [0.717, 1.165) is 6.42 Å². The maximum absolute atomic E-state index is 9.73. The Hall–Kier alpha value is -0.0800. The first-order valence-electron chi connectivity index (χ1n) is 5.57. The summed E-state index contributed by atoms with van der Waals surface area (Å²) in [6.07, 6.45) is 4.67. The molecule has 1 heterocycles. The smallest absolute Gasteiger partial charge is 0.0695 e. The fourth-order valence-electron chi connectivity index (χ4n) is 2.74. The van der Waals surface area contributed by atoms with E-state index < -0.39 is 0 Å². The molecular weight excluding hydrogens is 162 g/mol. The molecular formula is C11H21NO. The Morgan fingerprint density at radius 2 is 2.08 bits per heavy atom. The van der Waals surface area contributed by atoms with E-state index in [-0.39, 0.29) is 6.10 Å². The second-order valence-electron chi connectivity index (χ2n) is 5.13. The normalized spacial score (nSPS) is 39.0. The highest BCUT2D eigenvalue weighted by atomic mass is 16.3. The minimum Gasteiger partial charge on any atom is -0.391 e. The van der Waals surface area contributed by atoms with E-state index in [9.17, 15) is 5.11 Å². The predicted molar refractivity (Wildman–Crippen MR) is 53.6 cm³/mol. The van der Waals surface area contributed by atoms with Crippen molar-refractivity contribution < 1.29 is 5.11 Å². The molecule has 0 unspecified atom stereocenters. The van der Waals surface area contributed by atoms with Crippen LogP contribution in [0.4, 0.5) is 0 Å². The van der Waals surface area contributed by atoms with E-state index in [0.29, 0.717) is 11.5 Å². The van der Waals surface area contributed by atoms with Crippen molar-refractivity contribution in [2.75, 3.05) is 13.1 Å². The summed E-state index contributed by atoms with van der Waals surface area (Å²) in [4.78, 5) is 2.47. The molecule has 76 valence electrons. The molecule has 2 aliphatic rings. The maximum Gasteiger partial charge on any atom is 0.0695 e. The van der Waals surface area contributed by atoms with Gasteiger partial charge >= 0.3 is 0 Å². The molecule has 2 heteroatoms. The highest BCUT2D eigenvalue weighted by Gasteiger charge is 2.43. The number of rotatable bonds is 2. The Morgan fingerprint density at radius 1 is 1.38 bits per heavy atom. The van der Waals surface area contributed by atoms with Crippen LogP contribution >= 0.6 is 0 Å². The molecule has 0 aromatic carbocycles. The highest BCUT2D eigenvalue weighted by molar-refractivity contribution is 4.97. The van der Waals surface area contributed by atoms with Crippen LogP contribution in [0.2, 0.25) is 0 Å². The summed E-state index contributed by atoms with van der Waals surface area (Å²) in [6.45, 7) is 7.02. The molecule has 2 atom stereocenters. The van der Waals surface area contributed by atoms with E-state index in [1.54, 1.807) is 0 Å². The molecule has 1 saturated carbocycles. The molecule has 0 aromatic heterocycles. The van der Waals surface area contributed by atoms with Crippen molar-refractivity contribution in [1.29, 1.82) is 0 Å². The largest absolute Gasteiger partial charge is 0.391 e. The first-order valence-corrected chi connectivity index (χ1v) is 5.57. The van der Waals surface area contributed by atoms with Crippen LogP contribution in [-0.2, 0) is 0 Å². The minimum absolute atomic E-state index is 0.0404. The van der Waals surface area contributed by atoms with Gasteiger partial charge in [-0.1, -0.05) is 13.8 Å². The summed E-state index contributed by atoms with van der Waals surface area (Å²) in [5, 5.41) is 9.73. The molecule has 1 aliphatic carbocycles. The highest BCUT2D eigenvalue weighted by Crippen LogP contribution is 2.38. The lowest BCUT2D eigenvalue weighted by Gasteiger charge is -2.51. The van der Waals surface area contributed by atoms with Crippen LogP contribution in [0.3, 0.4) is 0 Å². The SMILES string of the molecule is CCC1(C)CN([C@H]2CCC[C@@H]2O)C1. The zero-order chi connectivity index (χ0) is 9.47. The molecule has 0 radical (unpaired) electrons. The average Bonchev–Trinajstić information content (AvgIpc) is 2.46. The molecule has 13 heavy (non-hydrogen) atoms. The van der Waals surface area contributed by atoms with Crippen molar-refractivity contribution in [3.63, 3.8) is 0 Å². The number of likely N-dealkylation sites (tertiary alicyclic amines) is 1. The molecule has 0 amide bonds. The van der Waals surface area contributed by atoms with Gasteiger partial charge in [0, 0.05) is 19.1 Å². The molecule has 2 fully saturated rings. The monoisotopic (exact) mass is 183 g/mol. The summed E-state index contributed by atoms with van der Waals surface area (Å²) in [7, 11) is 0. The van der Waals surface area contributed by atoms with Crippen LogP contribution < -0.4 is 0 Å². The van der Waals surface area contributed by atoms with Gasteiger partial charge in [0.25, 0.3) is 0 Å². The average molecular weight is 183 g/mol. The van der Waals surface area contributed by atoms with Gasteiger partial charge in [0.15, 0.2) is 0 Å². The van der Waals surface area contributed by atoms with Crippen molar-refractivity contribution in [2.24, 2.45) is 5.41 Å². The van der Waals surface area contributed by atoms with E-state index in [4.69, 9.17) is 0 Å². The number of aliphatic hydroxyl groups excluding tert-OH is 1. The van der Waals surface area contributed by atoms with Gasteiger partial charge < -0.3 is 5.11 Å². The second kappa shape index (κ2) is 3.25. The molecule has 2 nitrogen and oxygen atoms in total. The van der Waals surface area contributed by atoms with Gasteiger partial charge in [-0.15, -0.1) is 0 Å². The van der Waals surface area contributed by atoms with Gasteiger partial charge in [-0.25, -0.2) is 0 Å². The van der Waals surface area contributed by atoms with Crippen LogP contribution in [0, 0.1) is 5.41 Å². The van der Waals surface area contributed by atoms with E-state index in [1.807, 2.05) is 0 Å². The number of nitrogens with zero attached hydrogens (tertiary/aromatic N) is 1. The van der Waals surface area contributed by atoms with Crippen molar-refractivity contribution >= 4 is 0 Å². The van der Waals surface area contributed by atoms with Crippen LogP contribution in [-0.4, -0.2) is 35.2 Å². The van der Waals surface area contributed by atoms with Gasteiger partial charge in [-0.2, -0.15) is 0 Å². The van der Waals surface area contributed by atoms with E-state index in [1.165, 1.54) is 32.4 Å². The van der Waals surface area contributed by atoms with Crippen LogP contribution in [0.15, 0.2) is 0 Å². The van der Waals surface area contributed by atoms with E-state index >= 15 is 0 Å². The topological polar surface area (TPSA) is 23.5 Å². The zero-order valence-electron chi connectivity index (χ0n) is 8.79. The molecule has 1 saturated heterocycles. The first kappa shape index (κ1) is 9.47. The van der Waals surface area contributed by atoms with Crippen molar-refractivity contribution in [1.82, 2.24) is 4.90 Å². The van der Waals surface area contributed by atoms with Gasteiger partial charge in [-0.05, 0) is 31.1 Å². The first-order chi connectivity index (χ1) is 6.14. The van der Waals surface area contributed by atoms with Crippen LogP contribution in [0.5, 0.6) is 0 Å². The molecule has 0 spiro atoms. The second-order valence-corrected chi connectivity index (χ2v) is 5.13. The molecule has 1 aliphatic heterocycles. The van der Waals surface area contributed by atoms with E-state index in [2.05, 4.69) is 18.7 Å². The third kappa shape index (κ3) is 1.62. The van der Waals surface area contributed by atoms with Gasteiger partial charge in [0.05, 0.1) is 6.10 Å². The predicted octanol–water partition coefficient (Wildman–Crippen LogP) is 1.63. The third-order valence-corrected chi connectivity index (χ3v) is 3.94. The third-order valence-electron chi connectivity index (χ3n) is 3.94. The summed E-state index contributed by atoms with van der Waals surface area (Å²) in [6, 6.07) is 0.486. The molecule has 0 aromatic rings. The quantitative estimate of drug-likeness (QED) is 0.703. The Balaban J connectivity index is 1.85. The number of hydrogen-bond acceptors (Lipinski definition) is 2. The summed E-state index contributed by atoms with van der Waals surface area (Å²) in [5.74, 6) is 0. The Labute approximate surface area is 80.9 Å². The fraction of sp³-hybridized carbons (Fsp3) is 1.00. The van der Waals surface area contributed by atoms with Crippen LogP contribution in [0.25, 0.3) is 0 Å². The molecule has 1 N–H and O–H groups in total. The number of hydrogen-bond donors (Lipinski definition) is 1. The maximum atomic E-state index is 9.73. The lowest BCUT2D eigenvalue weighted by molar-refractivity contribution is -0.0520. The van der Waals surface area contributed by atoms with Gasteiger partial charge in [0.1, 0.15) is 0 Å². The lowest BCUT2D eigenvalue weighted by Crippen LogP contribution is -2.59. The summed E-state index contributed by atoms with van der Waals surface area (Å²) < 4.78 is 0. The van der Waals surface area contributed by atoms with Gasteiger partial charge in [-0.3, -0.25) is 4.90 Å².